The molecule has 0 radical (unpaired) electrons. The van der Waals surface area contributed by atoms with Gasteiger partial charge < -0.3 is 9.64 Å². The molecule has 5 nitrogen and oxygen atoms in total. The molecule has 30 heavy (non-hydrogen) atoms. The van der Waals surface area contributed by atoms with Gasteiger partial charge in [0.2, 0.25) is 0 Å². The van der Waals surface area contributed by atoms with Crippen LogP contribution < -0.4 is 4.74 Å². The van der Waals surface area contributed by atoms with Crippen LogP contribution in [0.1, 0.15) is 46.1 Å². The Morgan fingerprint density at radius 1 is 1.10 bits per heavy atom. The lowest BCUT2D eigenvalue weighted by Crippen LogP contribution is -2.38. The van der Waals surface area contributed by atoms with Gasteiger partial charge in [0.25, 0.3) is 5.91 Å². The molecule has 6 heteroatoms. The lowest BCUT2D eigenvalue weighted by Gasteiger charge is -2.32. The zero-order valence-corrected chi connectivity index (χ0v) is 17.6. The number of piperidine rings is 1. The molecular formula is C24H26FN3O2. The Balaban J connectivity index is 1.52. The summed E-state index contributed by atoms with van der Waals surface area (Å²) in [4.78, 5) is 14.6. The van der Waals surface area contributed by atoms with Crippen LogP contribution in [0.25, 0.3) is 5.69 Å². The second-order valence-electron chi connectivity index (χ2n) is 7.82. The molecule has 4 rings (SSSR count). The van der Waals surface area contributed by atoms with E-state index in [1.807, 2.05) is 23.7 Å². The molecule has 0 N–H and O–H groups in total. The second kappa shape index (κ2) is 8.30. The van der Waals surface area contributed by atoms with Crippen LogP contribution in [-0.2, 0) is 0 Å². The van der Waals surface area contributed by atoms with Crippen molar-refractivity contribution in [3.8, 4) is 11.4 Å². The van der Waals surface area contributed by atoms with Gasteiger partial charge in [0, 0.05) is 24.7 Å². The Kier molecular flexibility index (Phi) is 5.57. The number of carbonyl (C=O) groups excluding carboxylic acids is 1. The third-order valence-electron chi connectivity index (χ3n) is 5.81. The van der Waals surface area contributed by atoms with Crippen molar-refractivity contribution in [3.05, 3.63) is 76.9 Å². The molecule has 156 valence electrons. The normalized spacial score (nSPS) is 14.7. The molecule has 0 unspecified atom stereocenters. The lowest BCUT2D eigenvalue weighted by molar-refractivity contribution is 0.0706. The number of rotatable bonds is 4. The number of carbonyl (C=O) groups is 1. The third kappa shape index (κ3) is 3.82. The predicted molar refractivity (Wildman–Crippen MR) is 114 cm³/mol. The van der Waals surface area contributed by atoms with Gasteiger partial charge in [0.1, 0.15) is 11.6 Å². The SMILES string of the molecule is COc1ccc(F)c(C(=O)N2CCC(c3cc(C)nn3-c3ccccc3C)CC2)c1. The van der Waals surface area contributed by atoms with E-state index in [1.54, 1.807) is 4.90 Å². The molecule has 2 heterocycles. The van der Waals surface area contributed by atoms with Crippen molar-refractivity contribution < 1.29 is 13.9 Å². The van der Waals surface area contributed by atoms with E-state index in [2.05, 4.69) is 25.1 Å². The molecule has 0 spiro atoms. The molecule has 1 saturated heterocycles. The molecule has 2 aromatic carbocycles. The number of likely N-dealkylation sites (tertiary alicyclic amines) is 1. The first-order chi connectivity index (χ1) is 14.5. The molecule has 1 aliphatic rings. The number of nitrogens with zero attached hydrogens (tertiary/aromatic N) is 3. The molecular weight excluding hydrogens is 381 g/mol. The van der Waals surface area contributed by atoms with Crippen LogP contribution >= 0.6 is 0 Å². The van der Waals surface area contributed by atoms with Gasteiger partial charge in [-0.2, -0.15) is 5.10 Å². The summed E-state index contributed by atoms with van der Waals surface area (Å²) in [6, 6.07) is 14.6. The Morgan fingerprint density at radius 2 is 1.83 bits per heavy atom. The van der Waals surface area contributed by atoms with Gasteiger partial charge in [0.05, 0.1) is 24.1 Å². The summed E-state index contributed by atoms with van der Waals surface area (Å²) in [5.41, 5.74) is 4.46. The van der Waals surface area contributed by atoms with Crippen LogP contribution in [0, 0.1) is 19.7 Å². The van der Waals surface area contributed by atoms with Gasteiger partial charge in [-0.1, -0.05) is 18.2 Å². The van der Waals surface area contributed by atoms with Crippen molar-refractivity contribution in [1.29, 1.82) is 0 Å². The summed E-state index contributed by atoms with van der Waals surface area (Å²) in [7, 11) is 1.51. The summed E-state index contributed by atoms with van der Waals surface area (Å²) in [5, 5.41) is 4.72. The Labute approximate surface area is 176 Å². The fraction of sp³-hybridized carbons (Fsp3) is 0.333. The number of aromatic nitrogens is 2. The number of methoxy groups -OCH3 is 1. The van der Waals surface area contributed by atoms with Crippen molar-refractivity contribution in [2.75, 3.05) is 20.2 Å². The number of hydrogen-bond acceptors (Lipinski definition) is 3. The van der Waals surface area contributed by atoms with Crippen LogP contribution in [0.3, 0.4) is 0 Å². The van der Waals surface area contributed by atoms with Gasteiger partial charge in [0.15, 0.2) is 0 Å². The first kappa shape index (κ1) is 20.1. The van der Waals surface area contributed by atoms with Gasteiger partial charge in [-0.3, -0.25) is 4.79 Å². The van der Waals surface area contributed by atoms with E-state index in [9.17, 15) is 9.18 Å². The Morgan fingerprint density at radius 3 is 2.53 bits per heavy atom. The highest BCUT2D eigenvalue weighted by atomic mass is 19.1. The maximum atomic E-state index is 14.2. The maximum absolute atomic E-state index is 14.2. The van der Waals surface area contributed by atoms with E-state index in [4.69, 9.17) is 9.84 Å². The molecule has 1 amide bonds. The number of aryl methyl sites for hydroxylation is 2. The van der Waals surface area contributed by atoms with Crippen molar-refractivity contribution >= 4 is 5.91 Å². The number of para-hydroxylation sites is 1. The summed E-state index contributed by atoms with van der Waals surface area (Å²) >= 11 is 0. The van der Waals surface area contributed by atoms with E-state index in [1.165, 1.54) is 36.6 Å². The van der Waals surface area contributed by atoms with E-state index in [-0.39, 0.29) is 11.5 Å². The molecule has 1 aliphatic heterocycles. The summed E-state index contributed by atoms with van der Waals surface area (Å²) in [6.07, 6.45) is 1.63. The van der Waals surface area contributed by atoms with E-state index in [0.29, 0.717) is 24.8 Å². The first-order valence-corrected chi connectivity index (χ1v) is 10.2. The average molecular weight is 407 g/mol. The van der Waals surface area contributed by atoms with Gasteiger partial charge in [-0.15, -0.1) is 0 Å². The highest BCUT2D eigenvalue weighted by Crippen LogP contribution is 2.32. The molecule has 1 fully saturated rings. The highest BCUT2D eigenvalue weighted by molar-refractivity contribution is 5.95. The van der Waals surface area contributed by atoms with Crippen LogP contribution in [-0.4, -0.2) is 40.8 Å². The van der Waals surface area contributed by atoms with E-state index in [0.717, 1.165) is 24.2 Å². The minimum Gasteiger partial charge on any atom is -0.497 e. The standard InChI is InChI=1S/C24H26FN3O2/c1-16-6-4-5-7-22(16)28-23(14-17(2)26-28)18-10-12-27(13-11-18)24(29)20-15-19(30-3)8-9-21(20)25/h4-9,14-15,18H,10-13H2,1-3H3. The van der Waals surface area contributed by atoms with Crippen molar-refractivity contribution in [2.45, 2.75) is 32.6 Å². The van der Waals surface area contributed by atoms with Crippen LogP contribution in [0.2, 0.25) is 0 Å². The fourth-order valence-electron chi connectivity index (χ4n) is 4.15. The Hall–Kier alpha value is -3.15. The third-order valence-corrected chi connectivity index (χ3v) is 5.81. The van der Waals surface area contributed by atoms with Crippen molar-refractivity contribution in [1.82, 2.24) is 14.7 Å². The zero-order chi connectivity index (χ0) is 21.3. The second-order valence-corrected chi connectivity index (χ2v) is 7.82. The van der Waals surface area contributed by atoms with Gasteiger partial charge in [-0.25, -0.2) is 9.07 Å². The number of amides is 1. The van der Waals surface area contributed by atoms with Gasteiger partial charge >= 0.3 is 0 Å². The van der Waals surface area contributed by atoms with Crippen molar-refractivity contribution in [3.63, 3.8) is 0 Å². The summed E-state index contributed by atoms with van der Waals surface area (Å²) in [5.74, 6) is -0.0260. The number of halogens is 1. The van der Waals surface area contributed by atoms with Crippen molar-refractivity contribution in [2.24, 2.45) is 0 Å². The fourth-order valence-corrected chi connectivity index (χ4v) is 4.15. The van der Waals surface area contributed by atoms with Crippen LogP contribution in [0.5, 0.6) is 5.75 Å². The lowest BCUT2D eigenvalue weighted by atomic mass is 9.92. The first-order valence-electron chi connectivity index (χ1n) is 10.2. The highest BCUT2D eigenvalue weighted by Gasteiger charge is 2.28. The maximum Gasteiger partial charge on any atom is 0.256 e. The summed E-state index contributed by atoms with van der Waals surface area (Å²) < 4.78 is 21.4. The smallest absolute Gasteiger partial charge is 0.256 e. The number of benzene rings is 2. The molecule has 3 aromatic rings. The Bertz CT molecular complexity index is 1070. The minimum atomic E-state index is -0.517. The number of hydrogen-bond donors (Lipinski definition) is 0. The largest absolute Gasteiger partial charge is 0.497 e. The molecule has 0 atom stereocenters. The summed E-state index contributed by atoms with van der Waals surface area (Å²) in [6.45, 7) is 5.25. The quantitative estimate of drug-likeness (QED) is 0.632. The average Bonchev–Trinajstić information content (AvgIpc) is 3.15. The minimum absolute atomic E-state index is 0.0635. The van der Waals surface area contributed by atoms with E-state index < -0.39 is 5.82 Å². The molecule has 0 aliphatic carbocycles. The topological polar surface area (TPSA) is 47.4 Å². The van der Waals surface area contributed by atoms with Crippen LogP contribution in [0.4, 0.5) is 4.39 Å². The van der Waals surface area contributed by atoms with Crippen LogP contribution in [0.15, 0.2) is 48.5 Å². The van der Waals surface area contributed by atoms with Gasteiger partial charge in [-0.05, 0) is 62.6 Å². The zero-order valence-electron chi connectivity index (χ0n) is 17.6. The number of ether oxygens (including phenoxy) is 1. The molecule has 0 bridgehead atoms. The molecule has 1 aromatic heterocycles. The monoisotopic (exact) mass is 407 g/mol. The molecule has 0 saturated carbocycles. The van der Waals surface area contributed by atoms with E-state index >= 15 is 0 Å². The predicted octanol–water partition coefficient (Wildman–Crippen LogP) is 4.66.